The number of fused-ring (bicyclic) bond motifs is 21. The zero-order chi connectivity index (χ0) is 45.2. The number of carboxylic acids is 1. The second-order valence-corrected chi connectivity index (χ2v) is 17.1. The Balaban J connectivity index is 2.00. The number of primary amides is 2. The van der Waals surface area contributed by atoms with Crippen molar-refractivity contribution in [2.24, 2.45) is 22.2 Å². The molecule has 0 aromatic heterocycles. The molecule has 0 fully saturated rings. The van der Waals surface area contributed by atoms with Crippen LogP contribution in [0.15, 0.2) is 47.5 Å². The van der Waals surface area contributed by atoms with Gasteiger partial charge in [0.2, 0.25) is 11.8 Å². The molecule has 0 unspecified atom stereocenters. The van der Waals surface area contributed by atoms with E-state index < -0.39 is 149 Å². The zero-order valence-corrected chi connectivity index (χ0v) is 36.3. The Morgan fingerprint density at radius 3 is 2.03 bits per heavy atom. The fourth-order valence-electron chi connectivity index (χ4n) is 5.27. The minimum atomic E-state index is -1.72. The van der Waals surface area contributed by atoms with Gasteiger partial charge >= 0.3 is 301 Å². The van der Waals surface area contributed by atoms with Gasteiger partial charge in [0.05, 0.1) is 12.6 Å². The fourth-order valence-corrected chi connectivity index (χ4v) is 8.68. The molecule has 61 heavy (non-hydrogen) atoms. The predicted octanol–water partition coefficient (Wildman–Crippen LogP) is -8.80. The molecule has 25 heteroatoms. The second-order valence-electron chi connectivity index (χ2n) is 13.0. The molecule has 0 saturated carbocycles. The number of halogens is 2. The number of hydrogen-bond acceptors (Lipinski definition) is 12. The van der Waals surface area contributed by atoms with E-state index in [1.54, 1.807) is 18.2 Å². The first-order valence-electron chi connectivity index (χ1n) is 17.9. The van der Waals surface area contributed by atoms with Crippen molar-refractivity contribution in [3.8, 4) is 0 Å². The molecule has 0 aliphatic carbocycles. The van der Waals surface area contributed by atoms with E-state index >= 15 is 0 Å². The van der Waals surface area contributed by atoms with Crippen LogP contribution in [0.3, 0.4) is 0 Å². The molecule has 2 heterocycles. The first-order valence-corrected chi connectivity index (χ1v) is 21.2. The van der Waals surface area contributed by atoms with E-state index in [2.05, 4.69) is 64.8 Å². The Morgan fingerprint density at radius 2 is 1.41 bits per heavy atom. The average molecular weight is 1070 g/mol. The monoisotopic (exact) mass is 1070 g/mol. The number of carbonyl (C=O) groups is 11. The number of nitrogens with one attached hydrogen (secondary N) is 7. The molecule has 2 aromatic rings. The third kappa shape index (κ3) is 17.6. The minimum absolute atomic E-state index is 0.0240. The summed E-state index contributed by atoms with van der Waals surface area (Å²) in [5.41, 5.74) is 17.2. The zero-order valence-electron chi connectivity index (χ0n) is 32.0. The SMILES string of the molecule is NCC(=O)N[C@H]1Cc2ccc(I)c(c2)[I-]c2ccc(cc2)C[C@@H](C(=O)NCC(=O)O)NC(=O)CNC(=O)[C@H](CC(N)=O)NC(=O)C=NC(=O)[C@H](CC(N)=O)NC(=O)CNC1=O. The van der Waals surface area contributed by atoms with Crippen molar-refractivity contribution < 1.29 is 79.1 Å². The standard InChI is InChI=1S/C36H42I2N11O12/c37-20-6-3-18-7-21(20)38-19-4-1-17(2-5-19)8-22(34(59)45-16-32(56)57)47-29(53)13-43-35(60)24(10-26(40)50)49-31(55)15-44-36(61)25(11-27(41)51)48-30(54)14-42-33(58)23(9-18)46-28(52)12-39/h1-7,15,22-25H,8-14,16,39H2,(H2,40,50)(H2,41,51)(H,42,58)(H,43,60)(H,45,59)(H,46,52)(H,47,53)(H,48,54)(H,49,55)(H,56,57)/q-1/t22-,23-,24-,25-/m0/s1. The maximum absolute atomic E-state index is 13.3. The van der Waals surface area contributed by atoms with E-state index in [0.29, 0.717) is 17.3 Å². The topological polar surface area (TPSA) is 383 Å². The second kappa shape index (κ2) is 24.2. The molecule has 4 bridgehead atoms. The molecule has 0 radical (unpaired) electrons. The van der Waals surface area contributed by atoms with Gasteiger partial charge < -0.3 is 16.8 Å². The Kier molecular flexibility index (Phi) is 19.6. The quantitative estimate of drug-likeness (QED) is 0.0823. The van der Waals surface area contributed by atoms with Gasteiger partial charge in [-0.25, -0.2) is 4.99 Å². The summed E-state index contributed by atoms with van der Waals surface area (Å²) in [5.74, 6) is -11.2. The van der Waals surface area contributed by atoms with Crippen LogP contribution < -0.4 is 75.6 Å². The van der Waals surface area contributed by atoms with Crippen LogP contribution in [0.25, 0.3) is 0 Å². The number of carboxylic acid groups (broad SMARTS) is 1. The van der Waals surface area contributed by atoms with Crippen molar-refractivity contribution in [3.05, 3.63) is 64.3 Å². The van der Waals surface area contributed by atoms with Crippen molar-refractivity contribution in [3.63, 3.8) is 0 Å². The molecule has 2 aliphatic rings. The summed E-state index contributed by atoms with van der Waals surface area (Å²) in [4.78, 5) is 141. The number of carbonyl (C=O) groups excluding carboxylic acids is 10. The summed E-state index contributed by atoms with van der Waals surface area (Å²) >= 11 is 1.31. The summed E-state index contributed by atoms with van der Waals surface area (Å²) in [6.45, 7) is -2.72. The van der Waals surface area contributed by atoms with Gasteiger partial charge in [0.15, 0.2) is 0 Å². The van der Waals surface area contributed by atoms with E-state index in [-0.39, 0.29) is 12.8 Å². The van der Waals surface area contributed by atoms with E-state index in [4.69, 9.17) is 22.3 Å². The molecular formula is C36H42I2N11O12-. The molecule has 14 N–H and O–H groups in total. The molecule has 2 aromatic carbocycles. The first kappa shape index (κ1) is 49.3. The van der Waals surface area contributed by atoms with Crippen molar-refractivity contribution in [1.82, 2.24) is 37.2 Å². The predicted molar refractivity (Wildman–Crippen MR) is 215 cm³/mol. The molecule has 23 nitrogen and oxygen atoms in total. The van der Waals surface area contributed by atoms with Crippen LogP contribution >= 0.6 is 22.6 Å². The fraction of sp³-hybridized carbons (Fsp3) is 0.333. The normalized spacial score (nSPS) is 20.0. The summed E-state index contributed by atoms with van der Waals surface area (Å²) in [5, 5.41) is 25.1. The van der Waals surface area contributed by atoms with Gasteiger partial charge in [0.25, 0.3) is 5.91 Å². The molecular weight excluding hydrogens is 1030 g/mol. The van der Waals surface area contributed by atoms with Crippen molar-refractivity contribution in [2.75, 3.05) is 26.2 Å². The summed E-state index contributed by atoms with van der Waals surface area (Å²) in [7, 11) is 0. The number of aliphatic carboxylic acids is 1. The number of nitrogens with zero attached hydrogens (tertiary/aromatic N) is 1. The number of aliphatic imine (C=N–C) groups is 1. The van der Waals surface area contributed by atoms with Crippen LogP contribution in [-0.4, -0.2) is 127 Å². The molecule has 0 spiro atoms. The van der Waals surface area contributed by atoms with E-state index in [1.807, 2.05) is 24.3 Å². The van der Waals surface area contributed by atoms with Gasteiger partial charge in [0, 0.05) is 0 Å². The molecule has 10 amide bonds. The molecule has 2 aliphatic heterocycles. The van der Waals surface area contributed by atoms with Gasteiger partial charge in [-0.1, -0.05) is 0 Å². The van der Waals surface area contributed by atoms with E-state index in [1.165, 1.54) is 0 Å². The van der Waals surface area contributed by atoms with Gasteiger partial charge in [-0.15, -0.1) is 0 Å². The van der Waals surface area contributed by atoms with Crippen LogP contribution in [0.5, 0.6) is 0 Å². The van der Waals surface area contributed by atoms with Crippen LogP contribution in [0, 0.1) is 10.7 Å². The maximum atomic E-state index is 13.3. The van der Waals surface area contributed by atoms with E-state index in [0.717, 1.165) is 10.7 Å². The summed E-state index contributed by atoms with van der Waals surface area (Å²) in [6.07, 6.45) is -1.32. The number of rotatable bonds is 9. The molecule has 0 saturated heterocycles. The number of amides is 10. The Hall–Kier alpha value is -6.10. The van der Waals surface area contributed by atoms with Gasteiger partial charge in [-0.05, 0) is 0 Å². The van der Waals surface area contributed by atoms with Crippen molar-refractivity contribution in [2.45, 2.75) is 49.9 Å². The van der Waals surface area contributed by atoms with Gasteiger partial charge in [0.1, 0.15) is 0 Å². The van der Waals surface area contributed by atoms with Crippen molar-refractivity contribution >= 4 is 93.8 Å². The van der Waals surface area contributed by atoms with Crippen LogP contribution in [-0.2, 0) is 65.6 Å². The Morgan fingerprint density at radius 1 is 0.803 bits per heavy atom. The summed E-state index contributed by atoms with van der Waals surface area (Å²) in [6, 6.07) is 6.58. The summed E-state index contributed by atoms with van der Waals surface area (Å²) < 4.78 is 2.78. The number of nitrogens with two attached hydrogens (primary N) is 3. The Bertz CT molecular complexity index is 2080. The van der Waals surface area contributed by atoms with Crippen LogP contribution in [0.2, 0.25) is 0 Å². The number of benzene rings is 2. The third-order valence-corrected chi connectivity index (χ3v) is 12.9. The number of hydrogen-bond donors (Lipinski definition) is 11. The van der Waals surface area contributed by atoms with Crippen LogP contribution in [0.4, 0.5) is 0 Å². The molecule has 4 rings (SSSR count). The third-order valence-electron chi connectivity index (χ3n) is 8.12. The molecule has 4 atom stereocenters. The average Bonchev–Trinajstić information content (AvgIpc) is 3.20. The van der Waals surface area contributed by atoms with Crippen LogP contribution in [0.1, 0.15) is 24.0 Å². The van der Waals surface area contributed by atoms with Crippen molar-refractivity contribution in [1.29, 1.82) is 0 Å². The molecule has 328 valence electrons. The van der Waals surface area contributed by atoms with Gasteiger partial charge in [-0.2, -0.15) is 0 Å². The van der Waals surface area contributed by atoms with Gasteiger partial charge in [-0.3, -0.25) is 19.2 Å². The first-order chi connectivity index (χ1) is 28.8. The van der Waals surface area contributed by atoms with E-state index in [9.17, 15) is 52.7 Å². The Labute approximate surface area is 370 Å².